The third-order valence-corrected chi connectivity index (χ3v) is 8.17. The monoisotopic (exact) mass is 513 g/mol. The summed E-state index contributed by atoms with van der Waals surface area (Å²) in [7, 11) is 0. The molecule has 5 rings (SSSR count). The maximum atomic E-state index is 14.3. The molecule has 2 bridgehead atoms. The summed E-state index contributed by atoms with van der Waals surface area (Å²) in [6.07, 6.45) is 8.02. The topological polar surface area (TPSA) is 82.4 Å². The van der Waals surface area contributed by atoms with E-state index in [9.17, 15) is 9.18 Å². The van der Waals surface area contributed by atoms with Crippen molar-refractivity contribution in [3.63, 3.8) is 0 Å². The quantitative estimate of drug-likeness (QED) is 0.562. The summed E-state index contributed by atoms with van der Waals surface area (Å²) >= 11 is 6.05. The van der Waals surface area contributed by atoms with Crippen LogP contribution in [0.5, 0.6) is 5.75 Å². The molecule has 1 N–H and O–H groups in total. The second-order valence-electron chi connectivity index (χ2n) is 10.3. The Balaban J connectivity index is 1.30. The fourth-order valence-electron chi connectivity index (χ4n) is 5.89. The van der Waals surface area contributed by atoms with Gasteiger partial charge in [0.25, 0.3) is 5.91 Å². The Bertz CT molecular complexity index is 1150. The Morgan fingerprint density at radius 3 is 2.72 bits per heavy atom. The molecular weight excluding hydrogens is 481 g/mol. The van der Waals surface area contributed by atoms with Gasteiger partial charge in [-0.15, -0.1) is 0 Å². The van der Waals surface area contributed by atoms with Crippen molar-refractivity contribution in [2.45, 2.75) is 76.5 Å². The molecule has 0 aliphatic carbocycles. The van der Waals surface area contributed by atoms with E-state index in [4.69, 9.17) is 21.7 Å². The third-order valence-electron chi connectivity index (χ3n) is 7.80. The standard InChI is InChI=1S/C27H33ClFN5O2/c1-3-4-9-34-18-6-7-19(34)12-20(11-18)36-25-10-17(29)5-8-21(25)27(35)33-14-22(24(30)15-33)26-31-13-23(28)16(2)32-26/h5,8,10,13,18-20,22,30H,3-4,6-7,9,11-12,14-15H2,1-2H3. The minimum Gasteiger partial charge on any atom is -0.489 e. The van der Waals surface area contributed by atoms with Gasteiger partial charge < -0.3 is 15.0 Å². The van der Waals surface area contributed by atoms with Crippen LogP contribution in [0.15, 0.2) is 24.4 Å². The third kappa shape index (κ3) is 4.98. The van der Waals surface area contributed by atoms with E-state index in [-0.39, 0.29) is 25.1 Å². The first-order chi connectivity index (χ1) is 17.3. The van der Waals surface area contributed by atoms with Crippen LogP contribution in [-0.2, 0) is 0 Å². The lowest BCUT2D eigenvalue weighted by molar-refractivity contribution is 0.0474. The molecule has 1 aromatic heterocycles. The highest BCUT2D eigenvalue weighted by Crippen LogP contribution is 2.38. The largest absolute Gasteiger partial charge is 0.489 e. The number of carbonyl (C=O) groups is 1. The number of amides is 1. The normalized spacial score (nSPS) is 26.0. The fourth-order valence-corrected chi connectivity index (χ4v) is 5.98. The number of carbonyl (C=O) groups excluding carboxylic acids is 1. The lowest BCUT2D eigenvalue weighted by Crippen LogP contribution is -2.46. The molecule has 0 radical (unpaired) electrons. The van der Waals surface area contributed by atoms with Crippen LogP contribution >= 0.6 is 11.6 Å². The van der Waals surface area contributed by atoms with Gasteiger partial charge in [0.1, 0.15) is 23.5 Å². The molecule has 0 saturated carbocycles. The minimum absolute atomic E-state index is 0.0382. The summed E-state index contributed by atoms with van der Waals surface area (Å²) in [6.45, 7) is 5.59. The zero-order chi connectivity index (χ0) is 25.4. The number of nitrogens with zero attached hydrogens (tertiary/aromatic N) is 4. The number of hydrogen-bond acceptors (Lipinski definition) is 6. The van der Waals surface area contributed by atoms with Crippen molar-refractivity contribution in [1.29, 1.82) is 5.41 Å². The number of fused-ring (bicyclic) bond motifs is 2. The molecule has 3 unspecified atom stereocenters. The van der Waals surface area contributed by atoms with Gasteiger partial charge in [0, 0.05) is 36.6 Å². The van der Waals surface area contributed by atoms with Gasteiger partial charge in [-0.2, -0.15) is 0 Å². The highest BCUT2D eigenvalue weighted by molar-refractivity contribution is 6.31. The van der Waals surface area contributed by atoms with E-state index in [0.717, 1.165) is 19.4 Å². The molecular formula is C27H33ClFN5O2. The Labute approximate surface area is 216 Å². The molecule has 7 nitrogen and oxygen atoms in total. The molecule has 1 aromatic carbocycles. The summed E-state index contributed by atoms with van der Waals surface area (Å²) in [5.74, 6) is -0.316. The number of ether oxygens (including phenoxy) is 1. The average Bonchev–Trinajstić information content (AvgIpc) is 3.35. The first kappa shape index (κ1) is 25.1. The Morgan fingerprint density at radius 2 is 2.03 bits per heavy atom. The fraction of sp³-hybridized carbons (Fsp3) is 0.556. The zero-order valence-corrected chi connectivity index (χ0v) is 21.6. The van der Waals surface area contributed by atoms with E-state index < -0.39 is 11.7 Å². The number of hydrogen-bond donors (Lipinski definition) is 1. The van der Waals surface area contributed by atoms with Crippen LogP contribution in [0.4, 0.5) is 4.39 Å². The Morgan fingerprint density at radius 1 is 1.28 bits per heavy atom. The van der Waals surface area contributed by atoms with Gasteiger partial charge in [-0.1, -0.05) is 24.9 Å². The summed E-state index contributed by atoms with van der Waals surface area (Å²) < 4.78 is 20.6. The number of unbranched alkanes of at least 4 members (excludes halogenated alkanes) is 1. The van der Waals surface area contributed by atoms with Gasteiger partial charge in [-0.05, 0) is 57.7 Å². The molecule has 0 spiro atoms. The molecule has 3 fully saturated rings. The second-order valence-corrected chi connectivity index (χ2v) is 10.7. The van der Waals surface area contributed by atoms with Crippen LogP contribution < -0.4 is 4.74 Å². The molecule has 2 aromatic rings. The van der Waals surface area contributed by atoms with E-state index >= 15 is 0 Å². The van der Waals surface area contributed by atoms with E-state index in [0.29, 0.717) is 45.6 Å². The first-order valence-corrected chi connectivity index (χ1v) is 13.3. The van der Waals surface area contributed by atoms with Crippen LogP contribution in [0.1, 0.15) is 73.2 Å². The lowest BCUT2D eigenvalue weighted by atomic mass is 9.99. The van der Waals surface area contributed by atoms with Gasteiger partial charge in [0.05, 0.1) is 28.7 Å². The molecule has 3 aliphatic heterocycles. The Hall–Kier alpha value is -2.58. The van der Waals surface area contributed by atoms with Crippen molar-refractivity contribution in [3.8, 4) is 5.75 Å². The predicted octanol–water partition coefficient (Wildman–Crippen LogP) is 5.01. The van der Waals surface area contributed by atoms with Crippen molar-refractivity contribution in [2.24, 2.45) is 0 Å². The number of aryl methyl sites for hydroxylation is 1. The molecule has 9 heteroatoms. The smallest absolute Gasteiger partial charge is 0.257 e. The van der Waals surface area contributed by atoms with Crippen molar-refractivity contribution >= 4 is 23.2 Å². The van der Waals surface area contributed by atoms with E-state index in [1.165, 1.54) is 50.1 Å². The van der Waals surface area contributed by atoms with Gasteiger partial charge in [-0.25, -0.2) is 14.4 Å². The number of benzene rings is 1. The molecule has 4 heterocycles. The minimum atomic E-state index is -0.429. The first-order valence-electron chi connectivity index (χ1n) is 12.9. The summed E-state index contributed by atoms with van der Waals surface area (Å²) in [4.78, 5) is 26.5. The molecule has 3 saturated heterocycles. The van der Waals surface area contributed by atoms with Gasteiger partial charge in [0.2, 0.25) is 0 Å². The second kappa shape index (κ2) is 10.4. The average molecular weight is 514 g/mol. The SMILES string of the molecule is CCCCN1C2CCC1CC(Oc1cc(F)ccc1C(=O)N1CC(=N)C(c3ncc(Cl)c(C)n3)C1)C2. The molecule has 3 aliphatic rings. The summed E-state index contributed by atoms with van der Waals surface area (Å²) in [6, 6.07) is 5.11. The van der Waals surface area contributed by atoms with E-state index in [1.54, 1.807) is 11.8 Å². The summed E-state index contributed by atoms with van der Waals surface area (Å²) in [5, 5.41) is 8.93. The molecule has 1 amide bonds. The predicted molar refractivity (Wildman–Crippen MR) is 137 cm³/mol. The molecule has 3 atom stereocenters. The van der Waals surface area contributed by atoms with Crippen LogP contribution in [0.3, 0.4) is 0 Å². The van der Waals surface area contributed by atoms with Crippen LogP contribution in [-0.4, -0.2) is 69.2 Å². The van der Waals surface area contributed by atoms with Crippen molar-refractivity contribution in [1.82, 2.24) is 19.8 Å². The van der Waals surface area contributed by atoms with Crippen molar-refractivity contribution < 1.29 is 13.9 Å². The number of rotatable bonds is 7. The highest BCUT2D eigenvalue weighted by Gasteiger charge is 2.41. The van der Waals surface area contributed by atoms with Gasteiger partial charge in [-0.3, -0.25) is 9.69 Å². The Kier molecular flexibility index (Phi) is 7.26. The maximum absolute atomic E-state index is 14.3. The van der Waals surface area contributed by atoms with Gasteiger partial charge in [0.15, 0.2) is 0 Å². The number of aromatic nitrogens is 2. The van der Waals surface area contributed by atoms with Crippen molar-refractivity contribution in [2.75, 3.05) is 19.6 Å². The lowest BCUT2D eigenvalue weighted by Gasteiger charge is -2.39. The number of halogens is 2. The maximum Gasteiger partial charge on any atom is 0.257 e. The number of likely N-dealkylation sites (tertiary alicyclic amines) is 1. The zero-order valence-electron chi connectivity index (χ0n) is 20.8. The number of nitrogens with one attached hydrogen (secondary N) is 1. The summed E-state index contributed by atoms with van der Waals surface area (Å²) in [5.41, 5.74) is 1.34. The van der Waals surface area contributed by atoms with E-state index in [1.807, 2.05) is 0 Å². The van der Waals surface area contributed by atoms with Crippen LogP contribution in [0.25, 0.3) is 0 Å². The van der Waals surface area contributed by atoms with Gasteiger partial charge >= 0.3 is 0 Å². The molecule has 192 valence electrons. The molecule has 36 heavy (non-hydrogen) atoms. The van der Waals surface area contributed by atoms with Crippen LogP contribution in [0, 0.1) is 18.2 Å². The van der Waals surface area contributed by atoms with E-state index in [2.05, 4.69) is 21.8 Å². The van der Waals surface area contributed by atoms with Crippen molar-refractivity contribution in [3.05, 3.63) is 52.3 Å². The number of piperidine rings is 1. The highest BCUT2D eigenvalue weighted by atomic mass is 35.5. The van der Waals surface area contributed by atoms with Crippen LogP contribution in [0.2, 0.25) is 5.02 Å².